The zero-order valence-electron chi connectivity index (χ0n) is 12.9. The van der Waals surface area contributed by atoms with Crippen LogP contribution in [0.2, 0.25) is 0 Å². The van der Waals surface area contributed by atoms with Gasteiger partial charge in [0.05, 0.1) is 23.0 Å². The maximum atomic E-state index is 14.0. The van der Waals surface area contributed by atoms with Gasteiger partial charge in [-0.2, -0.15) is 10.4 Å². The number of rotatable bonds is 1. The highest BCUT2D eigenvalue weighted by Crippen LogP contribution is 2.67. The number of halogens is 2. The Labute approximate surface area is 133 Å². The van der Waals surface area contributed by atoms with E-state index >= 15 is 0 Å². The normalized spacial score (nSPS) is 26.8. The van der Waals surface area contributed by atoms with Crippen LogP contribution in [0.25, 0.3) is 11.3 Å². The molecular formula is C18H15F2N3. The lowest BCUT2D eigenvalue weighted by Crippen LogP contribution is -2.34. The molecule has 2 atom stereocenters. The monoisotopic (exact) mass is 311 g/mol. The first-order valence-electron chi connectivity index (χ1n) is 7.66. The van der Waals surface area contributed by atoms with Crippen LogP contribution in [-0.2, 0) is 5.41 Å². The minimum absolute atomic E-state index is 0.158. The average molecular weight is 311 g/mol. The summed E-state index contributed by atoms with van der Waals surface area (Å²) in [6, 6.07) is 7.90. The molecule has 2 bridgehead atoms. The molecule has 4 rings (SSSR count). The molecule has 2 aromatic rings. The van der Waals surface area contributed by atoms with Gasteiger partial charge in [-0.1, -0.05) is 19.9 Å². The van der Waals surface area contributed by atoms with Crippen LogP contribution < -0.4 is 0 Å². The van der Waals surface area contributed by atoms with Crippen molar-refractivity contribution in [2.75, 3.05) is 0 Å². The number of hydrogen-bond acceptors (Lipinski definition) is 3. The highest BCUT2D eigenvalue weighted by molar-refractivity contribution is 5.63. The molecule has 2 aliphatic carbocycles. The van der Waals surface area contributed by atoms with Gasteiger partial charge in [0.25, 0.3) is 0 Å². The van der Waals surface area contributed by atoms with Crippen molar-refractivity contribution in [1.29, 1.82) is 5.26 Å². The summed E-state index contributed by atoms with van der Waals surface area (Å²) in [4.78, 5) is 0. The summed E-state index contributed by atoms with van der Waals surface area (Å²) in [6.45, 7) is 4.14. The molecule has 3 nitrogen and oxygen atoms in total. The number of hydrogen-bond donors (Lipinski definition) is 0. The fourth-order valence-electron chi connectivity index (χ4n) is 4.43. The SMILES string of the molecule is CC1(C)[C@H]2CC[C@]1(C#N)c1nnc(-c3c(F)cccc3F)cc12. The summed E-state index contributed by atoms with van der Waals surface area (Å²) in [6.07, 6.45) is 1.65. The van der Waals surface area contributed by atoms with Gasteiger partial charge in [-0.25, -0.2) is 8.78 Å². The van der Waals surface area contributed by atoms with Gasteiger partial charge in [-0.05, 0) is 47.9 Å². The third-order valence-electron chi connectivity index (χ3n) is 5.79. The predicted molar refractivity (Wildman–Crippen MR) is 80.4 cm³/mol. The van der Waals surface area contributed by atoms with Crippen LogP contribution in [0.3, 0.4) is 0 Å². The third-order valence-corrected chi connectivity index (χ3v) is 5.79. The fourth-order valence-corrected chi connectivity index (χ4v) is 4.43. The number of aromatic nitrogens is 2. The van der Waals surface area contributed by atoms with Crippen molar-refractivity contribution < 1.29 is 8.78 Å². The molecule has 23 heavy (non-hydrogen) atoms. The van der Waals surface area contributed by atoms with Crippen LogP contribution in [0.15, 0.2) is 24.3 Å². The molecule has 0 spiro atoms. The fraction of sp³-hybridized carbons (Fsp3) is 0.389. The quantitative estimate of drug-likeness (QED) is 0.796. The maximum absolute atomic E-state index is 14.0. The molecule has 116 valence electrons. The van der Waals surface area contributed by atoms with Gasteiger partial charge in [-0.15, -0.1) is 5.10 Å². The maximum Gasteiger partial charge on any atom is 0.135 e. The first-order valence-corrected chi connectivity index (χ1v) is 7.66. The highest BCUT2D eigenvalue weighted by atomic mass is 19.1. The Hall–Kier alpha value is -2.35. The first kappa shape index (κ1) is 14.3. The summed E-state index contributed by atoms with van der Waals surface area (Å²) in [5, 5.41) is 18.0. The summed E-state index contributed by atoms with van der Waals surface area (Å²) in [7, 11) is 0. The predicted octanol–water partition coefficient (Wildman–Crippen LogP) is 4.10. The van der Waals surface area contributed by atoms with Crippen molar-refractivity contribution in [2.45, 2.75) is 38.0 Å². The molecule has 1 heterocycles. The summed E-state index contributed by atoms with van der Waals surface area (Å²) < 4.78 is 28.0. The molecular weight excluding hydrogens is 296 g/mol. The van der Waals surface area contributed by atoms with E-state index in [1.54, 1.807) is 6.07 Å². The second kappa shape index (κ2) is 4.35. The largest absolute Gasteiger partial charge is 0.206 e. The average Bonchev–Trinajstić information content (AvgIpc) is 2.88. The topological polar surface area (TPSA) is 49.6 Å². The van der Waals surface area contributed by atoms with E-state index in [0.717, 1.165) is 18.4 Å². The standard InChI is InChI=1S/C18H15F2N3/c1-17(2)11-6-7-18(17,9-21)16-10(11)8-14(22-23-16)15-12(19)4-3-5-13(15)20/h3-5,8,11H,6-7H2,1-2H3/t11-,18-/m0/s1. The van der Waals surface area contributed by atoms with Crippen LogP contribution in [0, 0.1) is 28.4 Å². The van der Waals surface area contributed by atoms with E-state index in [4.69, 9.17) is 0 Å². The molecule has 0 radical (unpaired) electrons. The van der Waals surface area contributed by atoms with Crippen LogP contribution in [0.5, 0.6) is 0 Å². The van der Waals surface area contributed by atoms with E-state index in [0.29, 0.717) is 5.69 Å². The second-order valence-electron chi connectivity index (χ2n) is 6.96. The molecule has 0 saturated heterocycles. The Morgan fingerprint density at radius 1 is 1.22 bits per heavy atom. The summed E-state index contributed by atoms with van der Waals surface area (Å²) in [5.74, 6) is -1.14. The van der Waals surface area contributed by atoms with Gasteiger partial charge in [0.2, 0.25) is 0 Å². The van der Waals surface area contributed by atoms with Gasteiger partial charge >= 0.3 is 0 Å². The van der Waals surface area contributed by atoms with Gasteiger partial charge in [-0.3, -0.25) is 0 Å². The van der Waals surface area contributed by atoms with Crippen molar-refractivity contribution in [2.24, 2.45) is 5.41 Å². The van der Waals surface area contributed by atoms with E-state index in [9.17, 15) is 14.0 Å². The Bertz CT molecular complexity index is 849. The molecule has 0 N–H and O–H groups in total. The smallest absolute Gasteiger partial charge is 0.135 e. The Kier molecular flexibility index (Phi) is 2.69. The number of fused-ring (bicyclic) bond motifs is 5. The molecule has 0 unspecified atom stereocenters. The lowest BCUT2D eigenvalue weighted by atomic mass is 9.69. The van der Waals surface area contributed by atoms with Crippen LogP contribution in [0.1, 0.15) is 43.9 Å². The molecule has 2 aliphatic rings. The second-order valence-corrected chi connectivity index (χ2v) is 6.96. The summed E-state index contributed by atoms with van der Waals surface area (Å²) in [5.41, 5.74) is 0.736. The van der Waals surface area contributed by atoms with Crippen LogP contribution in [-0.4, -0.2) is 10.2 Å². The molecule has 1 fully saturated rings. The van der Waals surface area contributed by atoms with Gasteiger partial charge in [0.15, 0.2) is 0 Å². The van der Waals surface area contributed by atoms with Crippen molar-refractivity contribution in [3.63, 3.8) is 0 Å². The zero-order chi connectivity index (χ0) is 16.4. The number of nitrogens with zero attached hydrogens (tertiary/aromatic N) is 3. The Morgan fingerprint density at radius 2 is 1.91 bits per heavy atom. The third kappa shape index (κ3) is 1.56. The molecule has 1 saturated carbocycles. The minimum atomic E-state index is -0.656. The number of nitriles is 1. The van der Waals surface area contributed by atoms with Crippen molar-refractivity contribution in [3.8, 4) is 17.3 Å². The lowest BCUT2D eigenvalue weighted by molar-refractivity contribution is 0.263. The molecule has 0 aliphatic heterocycles. The van der Waals surface area contributed by atoms with Gasteiger partial charge in [0, 0.05) is 0 Å². The van der Waals surface area contributed by atoms with Gasteiger partial charge < -0.3 is 0 Å². The molecule has 1 aromatic carbocycles. The van der Waals surface area contributed by atoms with E-state index in [1.165, 1.54) is 18.2 Å². The van der Waals surface area contributed by atoms with Crippen LogP contribution in [0.4, 0.5) is 8.78 Å². The van der Waals surface area contributed by atoms with E-state index in [-0.39, 0.29) is 22.6 Å². The number of benzene rings is 1. The van der Waals surface area contributed by atoms with E-state index in [2.05, 4.69) is 30.1 Å². The lowest BCUT2D eigenvalue weighted by Gasteiger charge is -2.30. The highest BCUT2D eigenvalue weighted by Gasteiger charge is 2.64. The Morgan fingerprint density at radius 3 is 2.57 bits per heavy atom. The van der Waals surface area contributed by atoms with Crippen LogP contribution >= 0.6 is 0 Å². The Balaban J connectivity index is 1.94. The van der Waals surface area contributed by atoms with Gasteiger partial charge in [0.1, 0.15) is 17.0 Å². The molecule has 1 aromatic heterocycles. The van der Waals surface area contributed by atoms with Crippen molar-refractivity contribution >= 4 is 0 Å². The molecule has 5 heteroatoms. The van der Waals surface area contributed by atoms with E-state index in [1.807, 2.05) is 0 Å². The molecule has 0 amide bonds. The first-order chi connectivity index (χ1) is 10.9. The summed E-state index contributed by atoms with van der Waals surface area (Å²) >= 11 is 0. The minimum Gasteiger partial charge on any atom is -0.206 e. The van der Waals surface area contributed by atoms with Crippen molar-refractivity contribution in [1.82, 2.24) is 10.2 Å². The zero-order valence-corrected chi connectivity index (χ0v) is 12.9. The van der Waals surface area contributed by atoms with E-state index < -0.39 is 17.0 Å². The van der Waals surface area contributed by atoms with Crippen molar-refractivity contribution in [3.05, 3.63) is 47.2 Å².